The van der Waals surface area contributed by atoms with E-state index in [9.17, 15) is 17.6 Å². The van der Waals surface area contributed by atoms with Gasteiger partial charge in [-0.25, -0.2) is 14.4 Å². The Kier molecular flexibility index (Phi) is 4.19. The van der Waals surface area contributed by atoms with E-state index in [0.717, 1.165) is 12.1 Å². The third kappa shape index (κ3) is 3.89. The van der Waals surface area contributed by atoms with Crippen molar-refractivity contribution < 1.29 is 31.9 Å². The smallest absolute Gasteiger partial charge is 0.436 e. The second kappa shape index (κ2) is 6.30. The van der Waals surface area contributed by atoms with Crippen LogP contribution in [0.3, 0.4) is 0 Å². The van der Waals surface area contributed by atoms with Crippen LogP contribution in [0.25, 0.3) is 0 Å². The number of hydrogen-bond acceptors (Lipinski definition) is 6. The van der Waals surface area contributed by atoms with Crippen LogP contribution in [0, 0.1) is 5.82 Å². The molecule has 1 atom stereocenters. The van der Waals surface area contributed by atoms with Gasteiger partial charge in [0.25, 0.3) is 0 Å². The van der Waals surface area contributed by atoms with Gasteiger partial charge in [0.2, 0.25) is 5.90 Å². The Morgan fingerprint density at radius 2 is 1.92 bits per heavy atom. The molecule has 1 aromatic heterocycles. The van der Waals surface area contributed by atoms with Crippen LogP contribution in [-0.2, 0) is 4.84 Å². The van der Waals surface area contributed by atoms with Crippen molar-refractivity contribution in [3.8, 4) is 11.5 Å². The highest BCUT2D eigenvalue weighted by Gasteiger charge is 2.33. The van der Waals surface area contributed by atoms with E-state index in [2.05, 4.69) is 19.9 Å². The maximum absolute atomic E-state index is 13.7. The Hall–Kier alpha value is -2.91. The second-order valence-corrected chi connectivity index (χ2v) is 4.70. The molecule has 0 aliphatic carbocycles. The van der Waals surface area contributed by atoms with Crippen LogP contribution in [-0.4, -0.2) is 22.2 Å². The van der Waals surface area contributed by atoms with Gasteiger partial charge in [-0.15, -0.1) is 13.2 Å². The predicted octanol–water partition coefficient (Wildman–Crippen LogP) is 3.37. The first-order valence-electron chi connectivity index (χ1n) is 6.61. The third-order valence-electron chi connectivity index (χ3n) is 2.97. The molecule has 6 nitrogen and oxygen atoms in total. The molecular formula is C14H9F4N3O3. The fourth-order valence-corrected chi connectivity index (χ4v) is 1.99. The summed E-state index contributed by atoms with van der Waals surface area (Å²) in [5.74, 6) is -1.51. The van der Waals surface area contributed by atoms with Gasteiger partial charge in [-0.05, 0) is 17.7 Å². The minimum absolute atomic E-state index is 0.174. The standard InChI is InChI=1S/C14H9F4N3O3/c15-10-3-8(1-2-11(10)23-14(16,17)18)12-4-13(21-24-12)22-9-5-19-7-20-6-9/h1-3,5-7,12H,4H2/t12-/m0/s1. The molecule has 2 heterocycles. The molecular weight excluding hydrogens is 334 g/mol. The zero-order chi connectivity index (χ0) is 17.2. The van der Waals surface area contributed by atoms with E-state index in [-0.39, 0.29) is 12.3 Å². The van der Waals surface area contributed by atoms with Crippen molar-refractivity contribution in [1.82, 2.24) is 9.97 Å². The maximum Gasteiger partial charge on any atom is 0.573 e. The van der Waals surface area contributed by atoms with Crippen molar-refractivity contribution in [2.75, 3.05) is 0 Å². The Labute approximate surface area is 132 Å². The molecule has 0 unspecified atom stereocenters. The second-order valence-electron chi connectivity index (χ2n) is 4.70. The first-order chi connectivity index (χ1) is 11.4. The Morgan fingerprint density at radius 3 is 2.58 bits per heavy atom. The van der Waals surface area contributed by atoms with E-state index in [0.29, 0.717) is 11.3 Å². The van der Waals surface area contributed by atoms with E-state index in [1.54, 1.807) is 0 Å². The molecule has 0 radical (unpaired) electrons. The molecule has 3 rings (SSSR count). The molecule has 0 saturated carbocycles. The molecule has 10 heteroatoms. The number of nitrogens with zero attached hydrogens (tertiary/aromatic N) is 3. The lowest BCUT2D eigenvalue weighted by Gasteiger charge is -2.12. The molecule has 1 aliphatic rings. The summed E-state index contributed by atoms with van der Waals surface area (Å²) >= 11 is 0. The normalized spacial score (nSPS) is 17.2. The summed E-state index contributed by atoms with van der Waals surface area (Å²) in [7, 11) is 0. The van der Waals surface area contributed by atoms with Crippen LogP contribution in [0.2, 0.25) is 0 Å². The monoisotopic (exact) mass is 343 g/mol. The van der Waals surface area contributed by atoms with Crippen LogP contribution in [0.5, 0.6) is 11.5 Å². The number of hydrogen-bond donors (Lipinski definition) is 0. The van der Waals surface area contributed by atoms with Gasteiger partial charge in [0, 0.05) is 0 Å². The van der Waals surface area contributed by atoms with Gasteiger partial charge in [-0.1, -0.05) is 11.2 Å². The fourth-order valence-electron chi connectivity index (χ4n) is 1.99. The molecule has 126 valence electrons. The molecule has 0 bridgehead atoms. The number of aromatic nitrogens is 2. The minimum Gasteiger partial charge on any atom is -0.436 e. The Bertz CT molecular complexity index is 753. The summed E-state index contributed by atoms with van der Waals surface area (Å²) in [5, 5.41) is 3.71. The lowest BCUT2D eigenvalue weighted by molar-refractivity contribution is -0.275. The Balaban J connectivity index is 1.65. The van der Waals surface area contributed by atoms with Crippen LogP contribution in [0.1, 0.15) is 18.1 Å². The highest BCUT2D eigenvalue weighted by Crippen LogP contribution is 2.32. The average Bonchev–Trinajstić information content (AvgIpc) is 2.97. The number of benzene rings is 1. The molecule has 0 spiro atoms. The summed E-state index contributed by atoms with van der Waals surface area (Å²) < 4.78 is 59.0. The van der Waals surface area contributed by atoms with Crippen molar-refractivity contribution in [2.24, 2.45) is 5.16 Å². The first kappa shape index (κ1) is 16.0. The van der Waals surface area contributed by atoms with Crippen LogP contribution < -0.4 is 9.47 Å². The van der Waals surface area contributed by atoms with Gasteiger partial charge in [-0.2, -0.15) is 0 Å². The number of rotatable bonds is 3. The molecule has 1 aliphatic heterocycles. The minimum atomic E-state index is -4.96. The fraction of sp³-hybridized carbons (Fsp3) is 0.214. The SMILES string of the molecule is Fc1cc([C@@H]2CC(Oc3cncnc3)=NO2)ccc1OC(F)(F)F. The van der Waals surface area contributed by atoms with Gasteiger partial charge in [0.05, 0.1) is 18.8 Å². The van der Waals surface area contributed by atoms with Crippen molar-refractivity contribution in [2.45, 2.75) is 18.9 Å². The highest BCUT2D eigenvalue weighted by atomic mass is 19.4. The largest absolute Gasteiger partial charge is 0.573 e. The van der Waals surface area contributed by atoms with Gasteiger partial charge in [0.15, 0.2) is 23.4 Å². The van der Waals surface area contributed by atoms with Crippen molar-refractivity contribution >= 4 is 5.90 Å². The van der Waals surface area contributed by atoms with Gasteiger partial charge in [0.1, 0.15) is 6.33 Å². The highest BCUT2D eigenvalue weighted by molar-refractivity contribution is 5.79. The van der Waals surface area contributed by atoms with E-state index >= 15 is 0 Å². The van der Waals surface area contributed by atoms with E-state index in [1.807, 2.05) is 0 Å². The third-order valence-corrected chi connectivity index (χ3v) is 2.97. The van der Waals surface area contributed by atoms with Crippen molar-refractivity contribution in [1.29, 1.82) is 0 Å². The number of alkyl halides is 3. The summed E-state index contributed by atoms with van der Waals surface area (Å²) in [6, 6.07) is 3.04. The number of oxime groups is 1. The molecule has 0 amide bonds. The van der Waals surface area contributed by atoms with Crippen LogP contribution >= 0.6 is 0 Å². The van der Waals surface area contributed by atoms with Gasteiger partial charge in [-0.3, -0.25) is 0 Å². The molecule has 0 saturated heterocycles. The quantitative estimate of drug-likeness (QED) is 0.800. The van der Waals surface area contributed by atoms with Crippen LogP contribution in [0.4, 0.5) is 17.6 Å². The zero-order valence-electron chi connectivity index (χ0n) is 11.8. The number of ether oxygens (including phenoxy) is 2. The summed E-state index contributed by atoms with van der Waals surface area (Å²) in [5.41, 5.74) is 0.300. The topological polar surface area (TPSA) is 65.8 Å². The summed E-state index contributed by atoms with van der Waals surface area (Å²) in [4.78, 5) is 12.6. The first-order valence-corrected chi connectivity index (χ1v) is 6.61. The van der Waals surface area contributed by atoms with Crippen molar-refractivity contribution in [3.05, 3.63) is 48.3 Å². The lowest BCUT2D eigenvalue weighted by Crippen LogP contribution is -2.18. The number of halogens is 4. The summed E-state index contributed by atoms with van der Waals surface area (Å²) in [6.45, 7) is 0. The Morgan fingerprint density at radius 1 is 1.17 bits per heavy atom. The molecule has 2 aromatic rings. The average molecular weight is 343 g/mol. The van der Waals surface area contributed by atoms with Crippen LogP contribution in [0.15, 0.2) is 42.1 Å². The molecule has 0 N–H and O–H groups in total. The van der Waals surface area contributed by atoms with E-state index in [1.165, 1.54) is 24.8 Å². The van der Waals surface area contributed by atoms with E-state index in [4.69, 9.17) is 9.57 Å². The molecule has 24 heavy (non-hydrogen) atoms. The van der Waals surface area contributed by atoms with Crippen molar-refractivity contribution in [3.63, 3.8) is 0 Å². The molecule has 1 aromatic carbocycles. The predicted molar refractivity (Wildman–Crippen MR) is 71.6 cm³/mol. The zero-order valence-corrected chi connectivity index (χ0v) is 11.8. The maximum atomic E-state index is 13.7. The van der Waals surface area contributed by atoms with Gasteiger partial charge >= 0.3 is 6.36 Å². The van der Waals surface area contributed by atoms with E-state index < -0.39 is 24.0 Å². The molecule has 0 fully saturated rings. The lowest BCUT2D eigenvalue weighted by atomic mass is 10.1. The van der Waals surface area contributed by atoms with Gasteiger partial charge < -0.3 is 14.3 Å². The summed E-state index contributed by atoms with van der Waals surface area (Å²) in [6.07, 6.45) is -1.30.